The number of hydrogen-bond donors (Lipinski definition) is 2. The van der Waals surface area contributed by atoms with Crippen molar-refractivity contribution in [2.45, 2.75) is 25.3 Å². The predicted octanol–water partition coefficient (Wildman–Crippen LogP) is 0.991. The van der Waals surface area contributed by atoms with E-state index in [-0.39, 0.29) is 30.4 Å². The smallest absolute Gasteiger partial charge is 0.326 e. The lowest BCUT2D eigenvalue weighted by Gasteiger charge is -2.22. The van der Waals surface area contributed by atoms with Crippen molar-refractivity contribution in [3.05, 3.63) is 35.4 Å². The van der Waals surface area contributed by atoms with E-state index in [1.165, 1.54) is 12.1 Å². The SMILES string of the molecule is O=C(O)CCC[C@@H](C(=O)O)N1C(=O)c2ccccc2C1=O. The van der Waals surface area contributed by atoms with Crippen LogP contribution in [0.4, 0.5) is 0 Å². The van der Waals surface area contributed by atoms with Gasteiger partial charge in [0.25, 0.3) is 11.8 Å². The van der Waals surface area contributed by atoms with E-state index in [1.807, 2.05) is 0 Å². The Morgan fingerprint density at radius 3 is 2.00 bits per heavy atom. The number of imide groups is 1. The minimum absolute atomic E-state index is 0.0692. The molecule has 2 rings (SSSR count). The molecule has 0 saturated carbocycles. The summed E-state index contributed by atoms with van der Waals surface area (Å²) >= 11 is 0. The third-order valence-corrected chi connectivity index (χ3v) is 3.29. The molecule has 0 saturated heterocycles. The Morgan fingerprint density at radius 2 is 1.57 bits per heavy atom. The number of nitrogens with zero attached hydrogens (tertiary/aromatic N) is 1. The highest BCUT2D eigenvalue weighted by Crippen LogP contribution is 2.26. The van der Waals surface area contributed by atoms with Gasteiger partial charge >= 0.3 is 11.9 Å². The highest BCUT2D eigenvalue weighted by Gasteiger charge is 2.42. The van der Waals surface area contributed by atoms with Crippen LogP contribution in [0.25, 0.3) is 0 Å². The second-order valence-electron chi connectivity index (χ2n) is 4.67. The van der Waals surface area contributed by atoms with Gasteiger partial charge < -0.3 is 10.2 Å². The maximum atomic E-state index is 12.2. The molecule has 7 nitrogen and oxygen atoms in total. The van der Waals surface area contributed by atoms with E-state index in [4.69, 9.17) is 5.11 Å². The molecule has 1 aromatic carbocycles. The van der Waals surface area contributed by atoms with E-state index in [0.29, 0.717) is 4.90 Å². The minimum atomic E-state index is -1.35. The van der Waals surface area contributed by atoms with E-state index >= 15 is 0 Å². The zero-order chi connectivity index (χ0) is 15.6. The van der Waals surface area contributed by atoms with Gasteiger partial charge in [0, 0.05) is 6.42 Å². The van der Waals surface area contributed by atoms with Crippen LogP contribution in [-0.2, 0) is 9.59 Å². The summed E-state index contributed by atoms with van der Waals surface area (Å²) in [4.78, 5) is 46.8. The van der Waals surface area contributed by atoms with E-state index in [1.54, 1.807) is 12.1 Å². The first kappa shape index (κ1) is 14.7. The molecule has 0 spiro atoms. The fourth-order valence-electron chi connectivity index (χ4n) is 2.30. The number of carboxylic acid groups (broad SMARTS) is 2. The van der Waals surface area contributed by atoms with Gasteiger partial charge in [0.15, 0.2) is 0 Å². The Labute approximate surface area is 119 Å². The number of carboxylic acids is 2. The van der Waals surface area contributed by atoms with Gasteiger partial charge in [-0.3, -0.25) is 19.3 Å². The van der Waals surface area contributed by atoms with Crippen LogP contribution in [0.1, 0.15) is 40.0 Å². The molecule has 2 amide bonds. The molecule has 1 heterocycles. The normalized spacial score (nSPS) is 15.0. The lowest BCUT2D eigenvalue weighted by molar-refractivity contribution is -0.142. The van der Waals surface area contributed by atoms with E-state index in [0.717, 1.165) is 0 Å². The molecular formula is C14H13NO6. The number of fused-ring (bicyclic) bond motifs is 1. The van der Waals surface area contributed by atoms with Crippen LogP contribution in [0, 0.1) is 0 Å². The van der Waals surface area contributed by atoms with Crippen molar-refractivity contribution < 1.29 is 29.4 Å². The molecule has 110 valence electrons. The second kappa shape index (κ2) is 5.74. The molecule has 0 aromatic heterocycles. The van der Waals surface area contributed by atoms with E-state index < -0.39 is 29.8 Å². The van der Waals surface area contributed by atoms with Gasteiger partial charge in [-0.15, -0.1) is 0 Å². The van der Waals surface area contributed by atoms with Crippen LogP contribution in [-0.4, -0.2) is 44.9 Å². The van der Waals surface area contributed by atoms with E-state index in [9.17, 15) is 24.3 Å². The maximum absolute atomic E-state index is 12.2. The fourth-order valence-corrected chi connectivity index (χ4v) is 2.30. The fraction of sp³-hybridized carbons (Fsp3) is 0.286. The predicted molar refractivity (Wildman–Crippen MR) is 69.9 cm³/mol. The number of carbonyl (C=O) groups is 4. The lowest BCUT2D eigenvalue weighted by atomic mass is 10.1. The first-order chi connectivity index (χ1) is 9.93. The molecule has 0 unspecified atom stereocenters. The zero-order valence-corrected chi connectivity index (χ0v) is 11.0. The Morgan fingerprint density at radius 1 is 1.05 bits per heavy atom. The Bertz CT molecular complexity index is 589. The monoisotopic (exact) mass is 291 g/mol. The largest absolute Gasteiger partial charge is 0.481 e. The van der Waals surface area contributed by atoms with E-state index in [2.05, 4.69) is 0 Å². The third-order valence-electron chi connectivity index (χ3n) is 3.29. The van der Waals surface area contributed by atoms with Crippen LogP contribution in [0.2, 0.25) is 0 Å². The Balaban J connectivity index is 2.22. The number of rotatable bonds is 6. The summed E-state index contributed by atoms with van der Waals surface area (Å²) in [5, 5.41) is 17.8. The minimum Gasteiger partial charge on any atom is -0.481 e. The maximum Gasteiger partial charge on any atom is 0.326 e. The summed E-state index contributed by atoms with van der Waals surface area (Å²) in [7, 11) is 0. The second-order valence-corrected chi connectivity index (χ2v) is 4.67. The highest BCUT2D eigenvalue weighted by molar-refractivity contribution is 6.22. The highest BCUT2D eigenvalue weighted by atomic mass is 16.4. The summed E-state index contributed by atoms with van der Waals surface area (Å²) in [5.74, 6) is -3.69. The first-order valence-electron chi connectivity index (χ1n) is 6.35. The molecule has 1 atom stereocenters. The van der Waals surface area contributed by atoms with Gasteiger partial charge in [0.05, 0.1) is 11.1 Å². The van der Waals surface area contributed by atoms with Crippen LogP contribution >= 0.6 is 0 Å². The number of amides is 2. The van der Waals surface area contributed by atoms with Gasteiger partial charge in [0.2, 0.25) is 0 Å². The summed E-state index contributed by atoms with van der Waals surface area (Å²) in [6, 6.07) is 4.76. The molecule has 21 heavy (non-hydrogen) atoms. The molecule has 0 bridgehead atoms. The summed E-state index contributed by atoms with van der Waals surface area (Å²) in [6.45, 7) is 0. The topological polar surface area (TPSA) is 112 Å². The quantitative estimate of drug-likeness (QED) is 0.756. The molecule has 2 N–H and O–H groups in total. The number of carbonyl (C=O) groups excluding carboxylic acids is 2. The standard InChI is InChI=1S/C14H13NO6/c16-11(17)7-3-6-10(14(20)21)15-12(18)8-4-1-2-5-9(8)13(15)19/h1-2,4-5,10H,3,6-7H2,(H,16,17)(H,20,21)/t10-/m0/s1. The summed E-state index contributed by atoms with van der Waals surface area (Å²) in [5.41, 5.74) is 0.346. The molecule has 0 fully saturated rings. The number of aliphatic carboxylic acids is 2. The molecule has 1 aliphatic rings. The van der Waals surface area contributed by atoms with Gasteiger partial charge in [-0.05, 0) is 25.0 Å². The third kappa shape index (κ3) is 2.76. The molecule has 0 radical (unpaired) electrons. The average molecular weight is 291 g/mol. The van der Waals surface area contributed by atoms with Crippen molar-refractivity contribution in [2.24, 2.45) is 0 Å². The van der Waals surface area contributed by atoms with Crippen LogP contribution in [0.5, 0.6) is 0 Å². The first-order valence-corrected chi connectivity index (χ1v) is 6.35. The summed E-state index contributed by atoms with van der Waals surface area (Å²) < 4.78 is 0. The van der Waals surface area contributed by atoms with Crippen molar-refractivity contribution in [3.63, 3.8) is 0 Å². The molecule has 1 aromatic rings. The molecule has 0 aliphatic carbocycles. The Hall–Kier alpha value is -2.70. The molecule has 7 heteroatoms. The lowest BCUT2D eigenvalue weighted by Crippen LogP contribution is -2.44. The number of benzene rings is 1. The van der Waals surface area contributed by atoms with Gasteiger partial charge in [0.1, 0.15) is 6.04 Å². The number of hydrogen-bond acceptors (Lipinski definition) is 4. The molecule has 1 aliphatic heterocycles. The Kier molecular flexibility index (Phi) is 4.02. The van der Waals surface area contributed by atoms with Gasteiger partial charge in [-0.2, -0.15) is 0 Å². The van der Waals surface area contributed by atoms with Crippen molar-refractivity contribution >= 4 is 23.8 Å². The van der Waals surface area contributed by atoms with Crippen molar-refractivity contribution in [1.82, 2.24) is 4.90 Å². The average Bonchev–Trinajstić information content (AvgIpc) is 2.68. The molecular weight excluding hydrogens is 278 g/mol. The van der Waals surface area contributed by atoms with Crippen molar-refractivity contribution in [2.75, 3.05) is 0 Å². The van der Waals surface area contributed by atoms with Gasteiger partial charge in [-0.1, -0.05) is 12.1 Å². The summed E-state index contributed by atoms with van der Waals surface area (Å²) in [6.07, 6.45) is -0.236. The van der Waals surface area contributed by atoms with Gasteiger partial charge in [-0.25, -0.2) is 4.79 Å². The van der Waals surface area contributed by atoms with Crippen LogP contribution in [0.3, 0.4) is 0 Å². The van der Waals surface area contributed by atoms with Crippen LogP contribution in [0.15, 0.2) is 24.3 Å². The zero-order valence-electron chi connectivity index (χ0n) is 11.0. The van der Waals surface area contributed by atoms with Crippen LogP contribution < -0.4 is 0 Å². The van der Waals surface area contributed by atoms with Crippen molar-refractivity contribution in [1.29, 1.82) is 0 Å². The van der Waals surface area contributed by atoms with Crippen molar-refractivity contribution in [3.8, 4) is 0 Å².